The number of hydrogen-bond donors (Lipinski definition) is 0. The molecule has 1 amide bonds. The molecule has 0 N–H and O–H groups in total. The molecule has 33 heavy (non-hydrogen) atoms. The number of nitrogens with zero attached hydrogens (tertiary/aromatic N) is 2. The first-order valence-electron chi connectivity index (χ1n) is 11.6. The third kappa shape index (κ3) is 5.55. The molecule has 172 valence electrons. The molecule has 0 spiro atoms. The molecule has 1 aliphatic rings. The maximum atomic E-state index is 13.3. The number of hydrogen-bond acceptors (Lipinski definition) is 4. The van der Waals surface area contributed by atoms with Crippen molar-refractivity contribution in [1.29, 1.82) is 0 Å². The topological polar surface area (TPSA) is 42.0 Å². The number of carbonyl (C=O) groups excluding carboxylic acids is 1. The Morgan fingerprint density at radius 1 is 0.818 bits per heavy atom. The lowest BCUT2D eigenvalue weighted by Gasteiger charge is -2.40. The Hall–Kier alpha value is -3.31. The van der Waals surface area contributed by atoms with Crippen LogP contribution in [0.2, 0.25) is 0 Å². The second-order valence-electron chi connectivity index (χ2n) is 8.28. The van der Waals surface area contributed by atoms with Gasteiger partial charge in [-0.25, -0.2) is 0 Å². The van der Waals surface area contributed by atoms with Crippen LogP contribution >= 0.6 is 0 Å². The van der Waals surface area contributed by atoms with Crippen LogP contribution in [-0.2, 0) is 4.79 Å². The first-order valence-corrected chi connectivity index (χ1v) is 11.6. The van der Waals surface area contributed by atoms with E-state index in [-0.39, 0.29) is 11.9 Å². The number of rotatable bonds is 8. The van der Waals surface area contributed by atoms with E-state index in [0.717, 1.165) is 18.8 Å². The lowest BCUT2D eigenvalue weighted by Crippen LogP contribution is -2.53. The standard InChI is InChI=1S/C28H32N2O3/c1-3-26(33-25-16-10-15-24(21-25)32-2)28(31)30-19-17-29(18-20-30)27(22-11-6-4-7-12-22)23-13-8-5-9-14-23/h4-16,21,26-27H,3,17-20H2,1-2H3/t26-/m1/s1. The van der Waals surface area contributed by atoms with Gasteiger partial charge in [-0.15, -0.1) is 0 Å². The zero-order valence-corrected chi connectivity index (χ0v) is 19.4. The molecule has 1 aliphatic heterocycles. The summed E-state index contributed by atoms with van der Waals surface area (Å²) in [6.07, 6.45) is 0.120. The molecule has 3 aromatic carbocycles. The van der Waals surface area contributed by atoms with E-state index in [1.165, 1.54) is 11.1 Å². The van der Waals surface area contributed by atoms with Crippen LogP contribution in [0.4, 0.5) is 0 Å². The van der Waals surface area contributed by atoms with Crippen molar-refractivity contribution in [1.82, 2.24) is 9.80 Å². The minimum atomic E-state index is -0.498. The number of carbonyl (C=O) groups is 1. The molecule has 3 aromatic rings. The molecule has 0 radical (unpaired) electrons. The highest BCUT2D eigenvalue weighted by Crippen LogP contribution is 2.30. The number of methoxy groups -OCH3 is 1. The van der Waals surface area contributed by atoms with E-state index in [2.05, 4.69) is 65.6 Å². The van der Waals surface area contributed by atoms with Gasteiger partial charge in [0.05, 0.1) is 13.2 Å². The zero-order chi connectivity index (χ0) is 23.0. The van der Waals surface area contributed by atoms with Gasteiger partial charge in [-0.1, -0.05) is 73.7 Å². The summed E-state index contributed by atoms with van der Waals surface area (Å²) in [4.78, 5) is 17.7. The van der Waals surface area contributed by atoms with Gasteiger partial charge in [-0.3, -0.25) is 9.69 Å². The number of amides is 1. The molecular formula is C28H32N2O3. The highest BCUT2D eigenvalue weighted by atomic mass is 16.5. The van der Waals surface area contributed by atoms with Crippen molar-refractivity contribution in [3.05, 3.63) is 96.1 Å². The Morgan fingerprint density at radius 2 is 1.39 bits per heavy atom. The molecule has 5 heteroatoms. The SMILES string of the molecule is CC[C@@H](Oc1cccc(OC)c1)C(=O)N1CCN(C(c2ccccc2)c2ccccc2)CC1. The summed E-state index contributed by atoms with van der Waals surface area (Å²) in [5.74, 6) is 1.42. The number of ether oxygens (including phenoxy) is 2. The Bertz CT molecular complexity index is 978. The monoisotopic (exact) mass is 444 g/mol. The van der Waals surface area contributed by atoms with Crippen LogP contribution in [0, 0.1) is 0 Å². The fourth-order valence-corrected chi connectivity index (χ4v) is 4.44. The Labute approximate surface area is 196 Å². The number of piperazine rings is 1. The Balaban J connectivity index is 1.43. The molecule has 0 aliphatic carbocycles. The van der Waals surface area contributed by atoms with Gasteiger partial charge in [0.1, 0.15) is 11.5 Å². The summed E-state index contributed by atoms with van der Waals surface area (Å²) in [7, 11) is 1.62. The quantitative estimate of drug-likeness (QED) is 0.501. The normalized spacial score (nSPS) is 15.3. The predicted molar refractivity (Wildman–Crippen MR) is 131 cm³/mol. The summed E-state index contributed by atoms with van der Waals surface area (Å²) in [6, 6.07) is 28.8. The second kappa shape index (κ2) is 11.0. The third-order valence-corrected chi connectivity index (χ3v) is 6.19. The van der Waals surface area contributed by atoms with Gasteiger partial charge in [0.2, 0.25) is 0 Å². The molecule has 1 heterocycles. The van der Waals surface area contributed by atoms with E-state index in [4.69, 9.17) is 9.47 Å². The smallest absolute Gasteiger partial charge is 0.263 e. The Morgan fingerprint density at radius 3 is 1.94 bits per heavy atom. The van der Waals surface area contributed by atoms with Crippen LogP contribution < -0.4 is 9.47 Å². The van der Waals surface area contributed by atoms with Crippen molar-refractivity contribution in [2.75, 3.05) is 33.3 Å². The van der Waals surface area contributed by atoms with E-state index >= 15 is 0 Å². The maximum Gasteiger partial charge on any atom is 0.263 e. The highest BCUT2D eigenvalue weighted by molar-refractivity contribution is 5.81. The molecule has 0 saturated carbocycles. The summed E-state index contributed by atoms with van der Waals surface area (Å²) < 4.78 is 11.3. The van der Waals surface area contributed by atoms with Gasteiger partial charge in [0.25, 0.3) is 5.91 Å². The lowest BCUT2D eigenvalue weighted by molar-refractivity contribution is -0.140. The van der Waals surface area contributed by atoms with E-state index in [9.17, 15) is 4.79 Å². The van der Waals surface area contributed by atoms with Gasteiger partial charge < -0.3 is 14.4 Å². The van der Waals surface area contributed by atoms with Gasteiger partial charge in [-0.05, 0) is 29.7 Å². The van der Waals surface area contributed by atoms with Crippen molar-refractivity contribution in [3.63, 3.8) is 0 Å². The highest BCUT2D eigenvalue weighted by Gasteiger charge is 2.31. The molecule has 5 nitrogen and oxygen atoms in total. The largest absolute Gasteiger partial charge is 0.497 e. The van der Waals surface area contributed by atoms with E-state index in [1.54, 1.807) is 7.11 Å². The third-order valence-electron chi connectivity index (χ3n) is 6.19. The van der Waals surface area contributed by atoms with Crippen molar-refractivity contribution in [3.8, 4) is 11.5 Å². The fraction of sp³-hybridized carbons (Fsp3) is 0.321. The minimum absolute atomic E-state index is 0.0518. The molecule has 1 atom stereocenters. The van der Waals surface area contributed by atoms with Crippen LogP contribution in [0.5, 0.6) is 11.5 Å². The van der Waals surface area contributed by atoms with Crippen LogP contribution in [-0.4, -0.2) is 55.1 Å². The summed E-state index contributed by atoms with van der Waals surface area (Å²) in [5, 5.41) is 0. The second-order valence-corrected chi connectivity index (χ2v) is 8.28. The van der Waals surface area contributed by atoms with E-state index < -0.39 is 6.10 Å². The molecule has 1 saturated heterocycles. The van der Waals surface area contributed by atoms with Gasteiger partial charge in [0, 0.05) is 32.2 Å². The van der Waals surface area contributed by atoms with Crippen molar-refractivity contribution in [2.24, 2.45) is 0 Å². The average molecular weight is 445 g/mol. The molecule has 1 fully saturated rings. The molecule has 0 bridgehead atoms. The van der Waals surface area contributed by atoms with Crippen LogP contribution in [0.3, 0.4) is 0 Å². The fourth-order valence-electron chi connectivity index (χ4n) is 4.44. The van der Waals surface area contributed by atoms with E-state index in [0.29, 0.717) is 25.3 Å². The van der Waals surface area contributed by atoms with Crippen LogP contribution in [0.25, 0.3) is 0 Å². The number of benzene rings is 3. The van der Waals surface area contributed by atoms with Crippen molar-refractivity contribution in [2.45, 2.75) is 25.5 Å². The molecule has 0 unspecified atom stereocenters. The summed E-state index contributed by atoms with van der Waals surface area (Å²) >= 11 is 0. The minimum Gasteiger partial charge on any atom is -0.497 e. The predicted octanol–water partition coefficient (Wildman–Crippen LogP) is 4.79. The van der Waals surface area contributed by atoms with Crippen molar-refractivity contribution < 1.29 is 14.3 Å². The van der Waals surface area contributed by atoms with Crippen LogP contribution in [0.15, 0.2) is 84.9 Å². The lowest BCUT2D eigenvalue weighted by atomic mass is 9.96. The van der Waals surface area contributed by atoms with Gasteiger partial charge >= 0.3 is 0 Å². The van der Waals surface area contributed by atoms with Gasteiger partial charge in [0.15, 0.2) is 6.10 Å². The van der Waals surface area contributed by atoms with E-state index in [1.807, 2.05) is 36.1 Å². The molecule has 4 rings (SSSR count). The molecule has 0 aromatic heterocycles. The summed E-state index contributed by atoms with van der Waals surface area (Å²) in [6.45, 7) is 4.99. The first kappa shape index (κ1) is 22.9. The first-order chi connectivity index (χ1) is 16.2. The summed E-state index contributed by atoms with van der Waals surface area (Å²) in [5.41, 5.74) is 2.55. The van der Waals surface area contributed by atoms with Gasteiger partial charge in [-0.2, -0.15) is 0 Å². The maximum absolute atomic E-state index is 13.3. The molecular weight excluding hydrogens is 412 g/mol. The zero-order valence-electron chi connectivity index (χ0n) is 19.4. The Kier molecular flexibility index (Phi) is 7.63. The van der Waals surface area contributed by atoms with Crippen molar-refractivity contribution >= 4 is 5.91 Å². The van der Waals surface area contributed by atoms with Crippen LogP contribution in [0.1, 0.15) is 30.5 Å². The average Bonchev–Trinajstić information content (AvgIpc) is 2.89.